The Bertz CT molecular complexity index is 276. The first-order valence-electron chi connectivity index (χ1n) is 3.23. The fourth-order valence-electron chi connectivity index (χ4n) is 0.803. The standard InChI is InChI=1S/C8H9NO2.ClH/c9-7-3-1-2-6(4-7)8(11)5-10;/h1-4,10H,5,9H2;1H. The first-order chi connectivity index (χ1) is 5.24. The highest BCUT2D eigenvalue weighted by atomic mass is 35.5. The first kappa shape index (κ1) is 10.9. The van der Waals surface area contributed by atoms with E-state index in [1.807, 2.05) is 0 Å². The van der Waals surface area contributed by atoms with E-state index >= 15 is 0 Å². The van der Waals surface area contributed by atoms with Gasteiger partial charge < -0.3 is 10.8 Å². The molecule has 0 fully saturated rings. The minimum atomic E-state index is -0.469. The molecule has 0 saturated carbocycles. The SMILES string of the molecule is Cl.Nc1cccc(C(=O)CO)c1. The Balaban J connectivity index is 0.00000121. The zero-order valence-electron chi connectivity index (χ0n) is 6.36. The average molecular weight is 188 g/mol. The number of nitrogens with two attached hydrogens (primary N) is 1. The van der Waals surface area contributed by atoms with E-state index < -0.39 is 6.61 Å². The summed E-state index contributed by atoms with van der Waals surface area (Å²) in [6, 6.07) is 6.53. The molecular weight excluding hydrogens is 178 g/mol. The van der Waals surface area contributed by atoms with E-state index in [-0.39, 0.29) is 18.2 Å². The fraction of sp³-hybridized carbons (Fsp3) is 0.125. The number of halogens is 1. The van der Waals surface area contributed by atoms with Crippen LogP contribution in [0.25, 0.3) is 0 Å². The third-order valence-electron chi connectivity index (χ3n) is 1.35. The van der Waals surface area contributed by atoms with Gasteiger partial charge in [-0.15, -0.1) is 12.4 Å². The quantitative estimate of drug-likeness (QED) is 0.534. The second-order valence-electron chi connectivity index (χ2n) is 2.21. The van der Waals surface area contributed by atoms with Gasteiger partial charge in [0.1, 0.15) is 6.61 Å². The van der Waals surface area contributed by atoms with E-state index in [2.05, 4.69) is 0 Å². The number of carbonyl (C=O) groups excluding carboxylic acids is 1. The van der Waals surface area contributed by atoms with E-state index in [9.17, 15) is 4.79 Å². The zero-order chi connectivity index (χ0) is 8.27. The first-order valence-corrected chi connectivity index (χ1v) is 3.23. The van der Waals surface area contributed by atoms with Crippen molar-refractivity contribution in [3.8, 4) is 0 Å². The maximum absolute atomic E-state index is 10.9. The summed E-state index contributed by atoms with van der Waals surface area (Å²) in [5.41, 5.74) is 6.40. The molecule has 66 valence electrons. The highest BCUT2D eigenvalue weighted by molar-refractivity contribution is 5.97. The largest absolute Gasteiger partial charge is 0.399 e. The molecule has 1 aromatic carbocycles. The van der Waals surface area contributed by atoms with Gasteiger partial charge >= 0.3 is 0 Å². The van der Waals surface area contributed by atoms with Crippen molar-refractivity contribution in [1.82, 2.24) is 0 Å². The molecule has 0 bridgehead atoms. The molecule has 0 atom stereocenters. The van der Waals surface area contributed by atoms with Crippen LogP contribution in [0.5, 0.6) is 0 Å². The van der Waals surface area contributed by atoms with Crippen LogP contribution in [0.3, 0.4) is 0 Å². The number of hydrogen-bond acceptors (Lipinski definition) is 3. The summed E-state index contributed by atoms with van der Waals surface area (Å²) in [6.45, 7) is -0.469. The van der Waals surface area contributed by atoms with Crippen LogP contribution >= 0.6 is 12.4 Å². The van der Waals surface area contributed by atoms with Crippen LogP contribution in [-0.2, 0) is 0 Å². The molecule has 4 heteroatoms. The van der Waals surface area contributed by atoms with E-state index in [4.69, 9.17) is 10.8 Å². The molecule has 0 aliphatic rings. The van der Waals surface area contributed by atoms with E-state index in [1.165, 1.54) is 0 Å². The van der Waals surface area contributed by atoms with Crippen molar-refractivity contribution in [2.45, 2.75) is 0 Å². The van der Waals surface area contributed by atoms with Gasteiger partial charge in [-0.2, -0.15) is 0 Å². The van der Waals surface area contributed by atoms with Gasteiger partial charge in [0.25, 0.3) is 0 Å². The van der Waals surface area contributed by atoms with Gasteiger partial charge in [-0.25, -0.2) is 0 Å². The summed E-state index contributed by atoms with van der Waals surface area (Å²) in [5, 5.41) is 8.49. The third-order valence-corrected chi connectivity index (χ3v) is 1.35. The van der Waals surface area contributed by atoms with Crippen LogP contribution in [-0.4, -0.2) is 17.5 Å². The molecule has 0 spiro atoms. The maximum Gasteiger partial charge on any atom is 0.188 e. The molecule has 0 radical (unpaired) electrons. The second kappa shape index (κ2) is 4.74. The number of ketones is 1. The molecule has 0 aliphatic carbocycles. The number of hydrogen-bond donors (Lipinski definition) is 2. The summed E-state index contributed by atoms with van der Waals surface area (Å²) >= 11 is 0. The Labute approximate surface area is 76.6 Å². The fourth-order valence-corrected chi connectivity index (χ4v) is 0.803. The number of nitrogen functional groups attached to an aromatic ring is 1. The Morgan fingerprint density at radius 1 is 1.50 bits per heavy atom. The van der Waals surface area contributed by atoms with Crippen LogP contribution in [0.4, 0.5) is 5.69 Å². The number of Topliss-reactive ketones (excluding diaryl/α,β-unsaturated/α-hetero) is 1. The van der Waals surface area contributed by atoms with Gasteiger partial charge in [-0.1, -0.05) is 12.1 Å². The van der Waals surface area contributed by atoms with Crippen LogP contribution in [0.15, 0.2) is 24.3 Å². The highest BCUT2D eigenvalue weighted by Gasteiger charge is 2.02. The molecule has 0 unspecified atom stereocenters. The van der Waals surface area contributed by atoms with Gasteiger partial charge in [-0.05, 0) is 12.1 Å². The van der Waals surface area contributed by atoms with Crippen molar-refractivity contribution in [3.05, 3.63) is 29.8 Å². The van der Waals surface area contributed by atoms with Gasteiger partial charge in [0.2, 0.25) is 0 Å². The Hall–Kier alpha value is -1.06. The lowest BCUT2D eigenvalue weighted by molar-refractivity contribution is 0.0904. The molecule has 0 saturated heterocycles. The molecule has 0 aromatic heterocycles. The van der Waals surface area contributed by atoms with Crippen LogP contribution in [0.1, 0.15) is 10.4 Å². The van der Waals surface area contributed by atoms with Gasteiger partial charge in [0.15, 0.2) is 5.78 Å². The van der Waals surface area contributed by atoms with Crippen molar-refractivity contribution in [2.75, 3.05) is 12.3 Å². The highest BCUT2D eigenvalue weighted by Crippen LogP contribution is 2.06. The average Bonchev–Trinajstić information content (AvgIpc) is 2.03. The zero-order valence-corrected chi connectivity index (χ0v) is 7.17. The molecular formula is C8H10ClNO2. The molecule has 0 amide bonds. The third kappa shape index (κ3) is 2.53. The summed E-state index contributed by atoms with van der Waals surface area (Å²) < 4.78 is 0. The number of carbonyl (C=O) groups is 1. The number of rotatable bonds is 2. The van der Waals surface area contributed by atoms with Gasteiger partial charge in [0, 0.05) is 11.3 Å². The monoisotopic (exact) mass is 187 g/mol. The minimum Gasteiger partial charge on any atom is -0.399 e. The van der Waals surface area contributed by atoms with Crippen LogP contribution in [0.2, 0.25) is 0 Å². The van der Waals surface area contributed by atoms with Crippen LogP contribution in [0, 0.1) is 0 Å². The van der Waals surface area contributed by atoms with E-state index in [0.717, 1.165) is 0 Å². The second-order valence-corrected chi connectivity index (χ2v) is 2.21. The predicted octanol–water partition coefficient (Wildman–Crippen LogP) is 0.866. The maximum atomic E-state index is 10.9. The normalized spacial score (nSPS) is 8.75. The minimum absolute atomic E-state index is 0. The lowest BCUT2D eigenvalue weighted by atomic mass is 10.1. The predicted molar refractivity (Wildman–Crippen MR) is 49.5 cm³/mol. The molecule has 1 rings (SSSR count). The molecule has 0 aliphatic heterocycles. The molecule has 12 heavy (non-hydrogen) atoms. The van der Waals surface area contributed by atoms with Gasteiger partial charge in [0.05, 0.1) is 0 Å². The topological polar surface area (TPSA) is 63.3 Å². The smallest absolute Gasteiger partial charge is 0.188 e. The summed E-state index contributed by atoms with van der Waals surface area (Å²) in [6.07, 6.45) is 0. The van der Waals surface area contributed by atoms with E-state index in [1.54, 1.807) is 24.3 Å². The Morgan fingerprint density at radius 3 is 2.67 bits per heavy atom. The summed E-state index contributed by atoms with van der Waals surface area (Å²) in [5.74, 6) is -0.308. The molecule has 3 nitrogen and oxygen atoms in total. The van der Waals surface area contributed by atoms with Crippen molar-refractivity contribution in [3.63, 3.8) is 0 Å². The van der Waals surface area contributed by atoms with Crippen molar-refractivity contribution in [2.24, 2.45) is 0 Å². The molecule has 1 aromatic rings. The van der Waals surface area contributed by atoms with Crippen LogP contribution < -0.4 is 5.73 Å². The van der Waals surface area contributed by atoms with Gasteiger partial charge in [-0.3, -0.25) is 4.79 Å². The Morgan fingerprint density at radius 2 is 2.17 bits per heavy atom. The van der Waals surface area contributed by atoms with Crippen molar-refractivity contribution >= 4 is 23.9 Å². The number of aliphatic hydroxyl groups excluding tert-OH is 1. The number of benzene rings is 1. The molecule has 0 heterocycles. The number of aliphatic hydroxyl groups is 1. The summed E-state index contributed by atoms with van der Waals surface area (Å²) in [7, 11) is 0. The van der Waals surface area contributed by atoms with Crippen molar-refractivity contribution < 1.29 is 9.90 Å². The van der Waals surface area contributed by atoms with E-state index in [0.29, 0.717) is 11.3 Å². The lowest BCUT2D eigenvalue weighted by Crippen LogP contribution is -2.04. The van der Waals surface area contributed by atoms with Crippen molar-refractivity contribution in [1.29, 1.82) is 0 Å². The molecule has 3 N–H and O–H groups in total. The Kier molecular flexibility index (Phi) is 4.33. The number of anilines is 1. The lowest BCUT2D eigenvalue weighted by Gasteiger charge is -1.97. The summed E-state index contributed by atoms with van der Waals surface area (Å²) in [4.78, 5) is 10.9.